The van der Waals surface area contributed by atoms with Gasteiger partial charge in [0.1, 0.15) is 0 Å². The van der Waals surface area contributed by atoms with Crippen molar-refractivity contribution in [3.63, 3.8) is 0 Å². The molecule has 1 rings (SSSR count). The Morgan fingerprint density at radius 1 is 1.44 bits per heavy atom. The molecule has 3 nitrogen and oxygen atoms in total. The summed E-state index contributed by atoms with van der Waals surface area (Å²) in [7, 11) is 0. The van der Waals surface area contributed by atoms with Crippen molar-refractivity contribution < 1.29 is 4.79 Å². The predicted octanol–water partition coefficient (Wildman–Crippen LogP) is 1.85. The van der Waals surface area contributed by atoms with Gasteiger partial charge in [0.05, 0.1) is 0 Å². The van der Waals surface area contributed by atoms with Crippen molar-refractivity contribution in [1.29, 1.82) is 0 Å². The zero-order chi connectivity index (χ0) is 12.0. The van der Waals surface area contributed by atoms with Crippen molar-refractivity contribution in [2.75, 3.05) is 6.54 Å². The van der Waals surface area contributed by atoms with Crippen LogP contribution in [0.25, 0.3) is 0 Å². The minimum atomic E-state index is -0.0762. The summed E-state index contributed by atoms with van der Waals surface area (Å²) in [5.41, 5.74) is 6.74. The number of hydrogen-bond donors (Lipinski definition) is 2. The number of rotatable bonds is 5. The van der Waals surface area contributed by atoms with E-state index in [1.807, 2.05) is 31.2 Å². The Balaban J connectivity index is 2.25. The summed E-state index contributed by atoms with van der Waals surface area (Å²) in [5, 5.41) is 2.85. The number of nitrogens with one attached hydrogen (secondary N) is 1. The van der Waals surface area contributed by atoms with E-state index >= 15 is 0 Å². The van der Waals surface area contributed by atoms with Crippen LogP contribution in [0, 0.1) is 0 Å². The highest BCUT2D eigenvalue weighted by molar-refractivity contribution is 9.10. The van der Waals surface area contributed by atoms with Gasteiger partial charge in [0.15, 0.2) is 0 Å². The van der Waals surface area contributed by atoms with Gasteiger partial charge in [-0.15, -0.1) is 0 Å². The molecule has 1 unspecified atom stereocenters. The molecule has 0 heterocycles. The standard InChI is InChI=1S/C12H17BrN2O/c1-9(14)8-12(16)15-7-6-10-2-4-11(13)5-3-10/h2-5,9H,6-8,14H2,1H3,(H,15,16). The van der Waals surface area contributed by atoms with E-state index < -0.39 is 0 Å². The summed E-state index contributed by atoms with van der Waals surface area (Å²) in [6.45, 7) is 2.49. The highest BCUT2D eigenvalue weighted by Gasteiger charge is 2.03. The van der Waals surface area contributed by atoms with Crippen molar-refractivity contribution in [2.24, 2.45) is 5.73 Å². The summed E-state index contributed by atoms with van der Waals surface area (Å²) < 4.78 is 1.07. The van der Waals surface area contributed by atoms with Crippen LogP contribution in [0.5, 0.6) is 0 Å². The first kappa shape index (κ1) is 13.2. The monoisotopic (exact) mass is 284 g/mol. The lowest BCUT2D eigenvalue weighted by atomic mass is 10.1. The molecule has 0 fully saturated rings. The van der Waals surface area contributed by atoms with Crippen molar-refractivity contribution in [1.82, 2.24) is 5.32 Å². The summed E-state index contributed by atoms with van der Waals surface area (Å²) in [6.07, 6.45) is 1.23. The molecule has 0 aliphatic rings. The van der Waals surface area contributed by atoms with Gasteiger partial charge in [-0.2, -0.15) is 0 Å². The Kier molecular flexibility index (Phi) is 5.49. The van der Waals surface area contributed by atoms with Gasteiger partial charge in [0.25, 0.3) is 0 Å². The average Bonchev–Trinajstić information content (AvgIpc) is 2.20. The lowest BCUT2D eigenvalue weighted by Crippen LogP contribution is -2.31. The first-order valence-electron chi connectivity index (χ1n) is 5.34. The lowest BCUT2D eigenvalue weighted by Gasteiger charge is -2.07. The Labute approximate surface area is 105 Å². The van der Waals surface area contributed by atoms with Crippen molar-refractivity contribution in [2.45, 2.75) is 25.8 Å². The zero-order valence-corrected chi connectivity index (χ0v) is 11.0. The van der Waals surface area contributed by atoms with Gasteiger partial charge in [-0.3, -0.25) is 4.79 Å². The Morgan fingerprint density at radius 3 is 2.62 bits per heavy atom. The third kappa shape index (κ3) is 5.28. The Morgan fingerprint density at radius 2 is 2.06 bits per heavy atom. The maximum atomic E-state index is 11.3. The normalized spacial score (nSPS) is 12.2. The molecule has 0 aliphatic carbocycles. The molecule has 1 aromatic carbocycles. The fraction of sp³-hybridized carbons (Fsp3) is 0.417. The molecule has 0 bridgehead atoms. The van der Waals surface area contributed by atoms with Crippen LogP contribution in [0.2, 0.25) is 0 Å². The van der Waals surface area contributed by atoms with Crippen LogP contribution in [0.15, 0.2) is 28.7 Å². The van der Waals surface area contributed by atoms with Gasteiger partial charge < -0.3 is 11.1 Å². The van der Waals surface area contributed by atoms with E-state index in [1.54, 1.807) is 0 Å². The molecule has 1 atom stereocenters. The fourth-order valence-electron chi connectivity index (χ4n) is 1.36. The van der Waals surface area contributed by atoms with Crippen molar-refractivity contribution >= 4 is 21.8 Å². The summed E-state index contributed by atoms with van der Waals surface area (Å²) in [5.74, 6) is 0.0205. The van der Waals surface area contributed by atoms with Crippen LogP contribution in [0.1, 0.15) is 18.9 Å². The summed E-state index contributed by atoms with van der Waals surface area (Å²) >= 11 is 3.38. The number of benzene rings is 1. The minimum absolute atomic E-state index is 0.0205. The number of amides is 1. The number of hydrogen-bond acceptors (Lipinski definition) is 2. The van der Waals surface area contributed by atoms with Crippen LogP contribution in [-0.2, 0) is 11.2 Å². The van der Waals surface area contributed by atoms with Gasteiger partial charge in [-0.05, 0) is 31.0 Å². The second-order valence-corrected chi connectivity index (χ2v) is 4.82. The SMILES string of the molecule is CC(N)CC(=O)NCCc1ccc(Br)cc1. The van der Waals surface area contributed by atoms with E-state index in [1.165, 1.54) is 5.56 Å². The van der Waals surface area contributed by atoms with Gasteiger partial charge >= 0.3 is 0 Å². The molecule has 0 saturated carbocycles. The van der Waals surface area contributed by atoms with Gasteiger partial charge in [-0.1, -0.05) is 28.1 Å². The molecule has 0 radical (unpaired) electrons. The Bertz CT molecular complexity index is 335. The molecule has 1 amide bonds. The van der Waals surface area contributed by atoms with Crippen molar-refractivity contribution in [3.8, 4) is 0 Å². The third-order valence-electron chi connectivity index (χ3n) is 2.16. The predicted molar refractivity (Wildman–Crippen MR) is 69.1 cm³/mol. The molecule has 3 N–H and O–H groups in total. The molecular weight excluding hydrogens is 268 g/mol. The van der Waals surface area contributed by atoms with Crippen LogP contribution in [0.4, 0.5) is 0 Å². The molecule has 0 saturated heterocycles. The highest BCUT2D eigenvalue weighted by atomic mass is 79.9. The first-order chi connectivity index (χ1) is 7.58. The van der Waals surface area contributed by atoms with E-state index in [4.69, 9.17) is 5.73 Å². The first-order valence-corrected chi connectivity index (χ1v) is 6.14. The topological polar surface area (TPSA) is 55.1 Å². The maximum absolute atomic E-state index is 11.3. The number of nitrogens with two attached hydrogens (primary N) is 1. The van der Waals surface area contributed by atoms with Crippen LogP contribution in [-0.4, -0.2) is 18.5 Å². The second kappa shape index (κ2) is 6.66. The van der Waals surface area contributed by atoms with E-state index in [-0.39, 0.29) is 11.9 Å². The van der Waals surface area contributed by atoms with E-state index in [0.29, 0.717) is 13.0 Å². The fourth-order valence-corrected chi connectivity index (χ4v) is 1.63. The number of carbonyl (C=O) groups excluding carboxylic acids is 1. The molecule has 0 aromatic heterocycles. The van der Waals surface area contributed by atoms with E-state index in [0.717, 1.165) is 10.9 Å². The molecule has 0 aliphatic heterocycles. The molecule has 0 spiro atoms. The summed E-state index contributed by atoms with van der Waals surface area (Å²) in [4.78, 5) is 11.3. The van der Waals surface area contributed by atoms with E-state index in [9.17, 15) is 4.79 Å². The lowest BCUT2D eigenvalue weighted by molar-refractivity contribution is -0.121. The second-order valence-electron chi connectivity index (χ2n) is 3.91. The van der Waals surface area contributed by atoms with Gasteiger partial charge in [0, 0.05) is 23.5 Å². The van der Waals surface area contributed by atoms with Gasteiger partial charge in [-0.25, -0.2) is 0 Å². The quantitative estimate of drug-likeness (QED) is 0.867. The minimum Gasteiger partial charge on any atom is -0.356 e. The molecule has 1 aromatic rings. The van der Waals surface area contributed by atoms with Crippen LogP contribution < -0.4 is 11.1 Å². The molecular formula is C12H17BrN2O. The molecule has 16 heavy (non-hydrogen) atoms. The zero-order valence-electron chi connectivity index (χ0n) is 9.37. The van der Waals surface area contributed by atoms with Crippen LogP contribution in [0.3, 0.4) is 0 Å². The van der Waals surface area contributed by atoms with E-state index in [2.05, 4.69) is 21.2 Å². The van der Waals surface area contributed by atoms with Crippen LogP contribution >= 0.6 is 15.9 Å². The number of halogens is 1. The van der Waals surface area contributed by atoms with Gasteiger partial charge in [0.2, 0.25) is 5.91 Å². The Hall–Kier alpha value is -0.870. The smallest absolute Gasteiger partial charge is 0.221 e. The maximum Gasteiger partial charge on any atom is 0.221 e. The molecule has 4 heteroatoms. The van der Waals surface area contributed by atoms with Crippen molar-refractivity contribution in [3.05, 3.63) is 34.3 Å². The molecule has 88 valence electrons. The number of carbonyl (C=O) groups is 1. The third-order valence-corrected chi connectivity index (χ3v) is 2.69. The average molecular weight is 285 g/mol. The summed E-state index contributed by atoms with van der Waals surface area (Å²) in [6, 6.07) is 8.01. The largest absolute Gasteiger partial charge is 0.356 e. The highest BCUT2D eigenvalue weighted by Crippen LogP contribution is 2.10.